The number of methoxy groups -OCH3 is 1. The Morgan fingerprint density at radius 1 is 1.26 bits per heavy atom. The van der Waals surface area contributed by atoms with Gasteiger partial charge in [-0.1, -0.05) is 18.2 Å². The van der Waals surface area contributed by atoms with Crippen molar-refractivity contribution in [3.05, 3.63) is 36.0 Å². The van der Waals surface area contributed by atoms with Gasteiger partial charge in [-0.2, -0.15) is 0 Å². The Hall–Kier alpha value is -2.38. The number of rotatable bonds is 4. The van der Waals surface area contributed by atoms with E-state index in [1.54, 1.807) is 6.92 Å². The number of carbonyl (C=O) groups is 2. The zero-order valence-corrected chi connectivity index (χ0v) is 13.3. The van der Waals surface area contributed by atoms with Gasteiger partial charge in [0.2, 0.25) is 11.6 Å². The molecule has 1 saturated heterocycles. The Kier molecular flexibility index (Phi) is 3.83. The van der Waals surface area contributed by atoms with E-state index in [-0.39, 0.29) is 12.3 Å². The van der Waals surface area contributed by atoms with Crippen molar-refractivity contribution in [3.8, 4) is 0 Å². The second-order valence-electron chi connectivity index (χ2n) is 5.55. The maximum Gasteiger partial charge on any atom is 0.300 e. The van der Waals surface area contributed by atoms with Crippen LogP contribution in [0.25, 0.3) is 10.9 Å². The predicted octanol–water partition coefficient (Wildman–Crippen LogP) is 0.961. The third kappa shape index (κ3) is 2.38. The SMILES string of the molecule is CON1C(=O)[C@@](Cc2c[nH]c3ccccc23)(OC)NC(=O)[C@H]1C. The number of aromatic nitrogens is 1. The minimum atomic E-state index is -1.48. The van der Waals surface area contributed by atoms with Crippen LogP contribution in [0.4, 0.5) is 0 Å². The van der Waals surface area contributed by atoms with Gasteiger partial charge in [0.1, 0.15) is 6.04 Å². The first kappa shape index (κ1) is 15.5. The normalized spacial score (nSPS) is 25.0. The van der Waals surface area contributed by atoms with Crippen molar-refractivity contribution < 1.29 is 19.2 Å². The lowest BCUT2D eigenvalue weighted by Gasteiger charge is -2.42. The van der Waals surface area contributed by atoms with Gasteiger partial charge in [-0.3, -0.25) is 14.4 Å². The van der Waals surface area contributed by atoms with E-state index in [2.05, 4.69) is 10.3 Å². The quantitative estimate of drug-likeness (QED) is 0.880. The van der Waals surface area contributed by atoms with E-state index in [1.807, 2.05) is 30.5 Å². The molecule has 1 aromatic carbocycles. The van der Waals surface area contributed by atoms with E-state index in [1.165, 1.54) is 14.2 Å². The number of carbonyl (C=O) groups excluding carboxylic acids is 2. The molecule has 1 aliphatic heterocycles. The number of fused-ring (bicyclic) bond motifs is 1. The maximum absolute atomic E-state index is 12.8. The fraction of sp³-hybridized carbons (Fsp3) is 0.375. The third-order valence-corrected chi connectivity index (χ3v) is 4.26. The predicted molar refractivity (Wildman–Crippen MR) is 83.2 cm³/mol. The van der Waals surface area contributed by atoms with Crippen LogP contribution < -0.4 is 5.32 Å². The first-order chi connectivity index (χ1) is 11.0. The van der Waals surface area contributed by atoms with E-state index < -0.39 is 17.7 Å². The van der Waals surface area contributed by atoms with Crippen LogP contribution in [0.3, 0.4) is 0 Å². The van der Waals surface area contributed by atoms with Crippen LogP contribution in [-0.4, -0.2) is 47.8 Å². The number of hydrogen-bond donors (Lipinski definition) is 2. The fourth-order valence-corrected chi connectivity index (χ4v) is 2.93. The third-order valence-electron chi connectivity index (χ3n) is 4.26. The highest BCUT2D eigenvalue weighted by Gasteiger charge is 2.51. The Labute approximate surface area is 133 Å². The number of piperazine rings is 1. The highest BCUT2D eigenvalue weighted by Crippen LogP contribution is 2.27. The lowest BCUT2D eigenvalue weighted by molar-refractivity contribution is -0.223. The molecule has 1 aliphatic rings. The summed E-state index contributed by atoms with van der Waals surface area (Å²) in [5.74, 6) is -0.756. The number of hydrogen-bond acceptors (Lipinski definition) is 4. The number of amides is 2. The van der Waals surface area contributed by atoms with E-state index in [4.69, 9.17) is 9.57 Å². The lowest BCUT2D eigenvalue weighted by atomic mass is 9.97. The average molecular weight is 317 g/mol. The van der Waals surface area contributed by atoms with Crippen LogP contribution in [0.5, 0.6) is 0 Å². The van der Waals surface area contributed by atoms with Crippen molar-refractivity contribution in [2.24, 2.45) is 0 Å². The molecule has 3 rings (SSSR count). The highest BCUT2D eigenvalue weighted by molar-refractivity contribution is 5.98. The molecule has 0 spiro atoms. The molecular weight excluding hydrogens is 298 g/mol. The second-order valence-corrected chi connectivity index (χ2v) is 5.55. The van der Waals surface area contributed by atoms with E-state index in [9.17, 15) is 9.59 Å². The molecule has 0 aliphatic carbocycles. The molecular formula is C16H19N3O4. The second kappa shape index (κ2) is 5.68. The van der Waals surface area contributed by atoms with Gasteiger partial charge in [-0.25, -0.2) is 5.06 Å². The van der Waals surface area contributed by atoms with Gasteiger partial charge in [-0.05, 0) is 18.6 Å². The first-order valence-corrected chi connectivity index (χ1v) is 7.32. The number of nitrogens with one attached hydrogen (secondary N) is 2. The largest absolute Gasteiger partial charge is 0.361 e. The summed E-state index contributed by atoms with van der Waals surface area (Å²) in [6.45, 7) is 1.60. The summed E-state index contributed by atoms with van der Waals surface area (Å²) in [7, 11) is 2.76. The Balaban J connectivity index is 2.00. The highest BCUT2D eigenvalue weighted by atomic mass is 16.7. The number of ether oxygens (including phenoxy) is 1. The molecule has 0 radical (unpaired) electrons. The van der Waals surface area contributed by atoms with Crippen LogP contribution in [0, 0.1) is 0 Å². The number of benzene rings is 1. The molecule has 0 saturated carbocycles. The molecule has 2 amide bonds. The summed E-state index contributed by atoms with van der Waals surface area (Å²) in [5, 5.41) is 4.73. The number of nitrogens with zero attached hydrogens (tertiary/aromatic N) is 1. The zero-order valence-electron chi connectivity index (χ0n) is 13.3. The van der Waals surface area contributed by atoms with Crippen LogP contribution in [-0.2, 0) is 25.6 Å². The van der Waals surface area contributed by atoms with Gasteiger partial charge < -0.3 is 15.0 Å². The number of para-hydroxylation sites is 1. The van der Waals surface area contributed by atoms with Gasteiger partial charge in [0.15, 0.2) is 0 Å². The number of aromatic amines is 1. The smallest absolute Gasteiger partial charge is 0.300 e. The molecule has 2 aromatic rings. The van der Waals surface area contributed by atoms with Crippen molar-refractivity contribution in [2.45, 2.75) is 25.1 Å². The van der Waals surface area contributed by atoms with Crippen molar-refractivity contribution in [3.63, 3.8) is 0 Å². The zero-order chi connectivity index (χ0) is 16.6. The average Bonchev–Trinajstić information content (AvgIpc) is 2.96. The molecule has 7 nitrogen and oxygen atoms in total. The van der Waals surface area contributed by atoms with Crippen LogP contribution in [0.1, 0.15) is 12.5 Å². The lowest BCUT2D eigenvalue weighted by Crippen LogP contribution is -2.71. The van der Waals surface area contributed by atoms with Crippen molar-refractivity contribution in [1.29, 1.82) is 0 Å². The summed E-state index contributed by atoms with van der Waals surface area (Å²) >= 11 is 0. The monoisotopic (exact) mass is 317 g/mol. The molecule has 2 heterocycles. The van der Waals surface area contributed by atoms with Gasteiger partial charge in [0.05, 0.1) is 7.11 Å². The van der Waals surface area contributed by atoms with E-state index in [0.717, 1.165) is 21.5 Å². The Bertz CT molecular complexity index is 757. The van der Waals surface area contributed by atoms with Gasteiger partial charge in [0, 0.05) is 30.6 Å². The minimum absolute atomic E-state index is 0.199. The summed E-state index contributed by atoms with van der Waals surface area (Å²) < 4.78 is 5.45. The maximum atomic E-state index is 12.8. The molecule has 23 heavy (non-hydrogen) atoms. The van der Waals surface area contributed by atoms with Crippen molar-refractivity contribution in [1.82, 2.24) is 15.4 Å². The van der Waals surface area contributed by atoms with E-state index in [0.29, 0.717) is 0 Å². The Morgan fingerprint density at radius 3 is 2.70 bits per heavy atom. The van der Waals surface area contributed by atoms with Gasteiger partial charge >= 0.3 is 5.91 Å². The molecule has 7 heteroatoms. The molecule has 1 aromatic heterocycles. The van der Waals surface area contributed by atoms with Crippen LogP contribution >= 0.6 is 0 Å². The molecule has 2 atom stereocenters. The van der Waals surface area contributed by atoms with Gasteiger partial charge in [0.25, 0.3) is 0 Å². The molecule has 1 fully saturated rings. The number of H-pyrrole nitrogens is 1. The topological polar surface area (TPSA) is 83.7 Å². The molecule has 0 unspecified atom stereocenters. The number of hydroxylamine groups is 2. The van der Waals surface area contributed by atoms with Crippen LogP contribution in [0.2, 0.25) is 0 Å². The van der Waals surface area contributed by atoms with E-state index >= 15 is 0 Å². The molecule has 122 valence electrons. The summed E-state index contributed by atoms with van der Waals surface area (Å²) in [6.07, 6.45) is 2.02. The fourth-order valence-electron chi connectivity index (χ4n) is 2.93. The minimum Gasteiger partial charge on any atom is -0.361 e. The molecule has 2 N–H and O–H groups in total. The summed E-state index contributed by atoms with van der Waals surface area (Å²) in [4.78, 5) is 33.2. The van der Waals surface area contributed by atoms with Crippen molar-refractivity contribution >= 4 is 22.7 Å². The Morgan fingerprint density at radius 2 is 2.00 bits per heavy atom. The summed E-state index contributed by atoms with van der Waals surface area (Å²) in [5.41, 5.74) is 0.354. The molecule has 0 bridgehead atoms. The van der Waals surface area contributed by atoms with Gasteiger partial charge in [-0.15, -0.1) is 0 Å². The summed E-state index contributed by atoms with van der Waals surface area (Å²) in [6, 6.07) is 7.04. The standard InChI is InChI=1S/C16H19N3O4/c1-10-14(20)18-16(22-2,15(21)19(10)23-3)8-11-9-17-13-7-5-4-6-12(11)13/h4-7,9-10,17H,8H2,1-3H3,(H,18,20)/t10-,16-/m1/s1. The van der Waals surface area contributed by atoms with Crippen molar-refractivity contribution in [2.75, 3.05) is 14.2 Å². The van der Waals surface area contributed by atoms with Crippen LogP contribution in [0.15, 0.2) is 30.5 Å². The first-order valence-electron chi connectivity index (χ1n) is 7.32.